The first kappa shape index (κ1) is 21.3. The van der Waals surface area contributed by atoms with E-state index in [1.54, 1.807) is 6.20 Å². The fourth-order valence-corrected chi connectivity index (χ4v) is 5.36. The fourth-order valence-electron chi connectivity index (χ4n) is 5.36. The van der Waals surface area contributed by atoms with Gasteiger partial charge in [-0.05, 0) is 49.7 Å². The van der Waals surface area contributed by atoms with Gasteiger partial charge < -0.3 is 24.8 Å². The predicted molar refractivity (Wildman–Crippen MR) is 126 cm³/mol. The molecular weight excluding hydrogens is 432 g/mol. The summed E-state index contributed by atoms with van der Waals surface area (Å²) in [6.07, 6.45) is 4.06. The summed E-state index contributed by atoms with van der Waals surface area (Å²) >= 11 is 0. The molecule has 0 radical (unpaired) electrons. The van der Waals surface area contributed by atoms with Gasteiger partial charge in [0.05, 0.1) is 17.4 Å². The van der Waals surface area contributed by atoms with Crippen molar-refractivity contribution in [1.82, 2.24) is 29.6 Å². The van der Waals surface area contributed by atoms with Gasteiger partial charge in [-0.15, -0.1) is 0 Å². The van der Waals surface area contributed by atoms with Gasteiger partial charge in [-0.3, -0.25) is 4.68 Å². The van der Waals surface area contributed by atoms with Crippen molar-refractivity contribution in [2.75, 3.05) is 6.54 Å². The van der Waals surface area contributed by atoms with Crippen LogP contribution in [0.2, 0.25) is 0 Å². The molecule has 0 spiro atoms. The normalized spacial score (nSPS) is 24.5. The van der Waals surface area contributed by atoms with Crippen LogP contribution in [-0.4, -0.2) is 59.4 Å². The first-order chi connectivity index (χ1) is 16.5. The molecule has 1 aromatic carbocycles. The van der Waals surface area contributed by atoms with E-state index in [0.29, 0.717) is 13.0 Å². The summed E-state index contributed by atoms with van der Waals surface area (Å²) in [4.78, 5) is 8.68. The molecule has 2 aliphatic rings. The lowest BCUT2D eigenvalue weighted by Gasteiger charge is -2.25. The second-order valence-electron chi connectivity index (χ2n) is 9.24. The number of fused-ring (bicyclic) bond motifs is 2. The average molecular weight is 461 g/mol. The standard InChI is InChI=1S/C25H28N6O3/c1-14-17-5-8-31(25(17)28-13-27-14)20-11-22(24(33)23(20)32)34-21-10-16(19-4-7-29-30(19)2)9-15-3-6-26-12-18(15)21/h4-5,7-10,13,20,22-24,26,32-33H,3,6,11-12H2,1-2H3/t20-,22+,23+,24-/m1/s1. The molecule has 3 aromatic heterocycles. The number of aliphatic hydroxyl groups is 2. The molecule has 0 unspecified atom stereocenters. The Morgan fingerprint density at radius 1 is 1.15 bits per heavy atom. The third-order valence-electron chi connectivity index (χ3n) is 7.23. The molecule has 34 heavy (non-hydrogen) atoms. The van der Waals surface area contributed by atoms with Gasteiger partial charge in [-0.25, -0.2) is 9.97 Å². The molecule has 1 aliphatic carbocycles. The summed E-state index contributed by atoms with van der Waals surface area (Å²) in [5.41, 5.74) is 6.02. The lowest BCUT2D eigenvalue weighted by atomic mass is 9.96. The van der Waals surface area contributed by atoms with Crippen LogP contribution >= 0.6 is 0 Å². The molecule has 0 bridgehead atoms. The number of hydrogen-bond acceptors (Lipinski definition) is 7. The van der Waals surface area contributed by atoms with Crippen LogP contribution in [0.4, 0.5) is 0 Å². The highest BCUT2D eigenvalue weighted by atomic mass is 16.5. The first-order valence-electron chi connectivity index (χ1n) is 11.7. The third kappa shape index (κ3) is 3.39. The number of aryl methyl sites for hydroxylation is 2. The Morgan fingerprint density at radius 3 is 2.85 bits per heavy atom. The van der Waals surface area contributed by atoms with Crippen molar-refractivity contribution in [3.63, 3.8) is 0 Å². The Hall–Kier alpha value is -3.27. The smallest absolute Gasteiger partial charge is 0.143 e. The van der Waals surface area contributed by atoms with Gasteiger partial charge in [-0.1, -0.05) is 0 Å². The lowest BCUT2D eigenvalue weighted by molar-refractivity contribution is -0.0166. The quantitative estimate of drug-likeness (QED) is 0.427. The third-order valence-corrected chi connectivity index (χ3v) is 7.23. The second kappa shape index (κ2) is 8.19. The molecule has 4 aromatic rings. The van der Waals surface area contributed by atoms with Gasteiger partial charge in [0.1, 0.15) is 36.0 Å². The van der Waals surface area contributed by atoms with Crippen LogP contribution in [0.5, 0.6) is 5.75 Å². The maximum absolute atomic E-state index is 11.0. The van der Waals surface area contributed by atoms with Crippen molar-refractivity contribution >= 4 is 11.0 Å². The van der Waals surface area contributed by atoms with Crippen molar-refractivity contribution in [2.24, 2.45) is 7.05 Å². The van der Waals surface area contributed by atoms with Crippen LogP contribution in [0.3, 0.4) is 0 Å². The Labute approximate surface area is 197 Å². The molecule has 6 rings (SSSR count). The molecule has 4 heterocycles. The minimum atomic E-state index is -1.02. The number of aliphatic hydroxyl groups excluding tert-OH is 2. The van der Waals surface area contributed by atoms with Gasteiger partial charge in [-0.2, -0.15) is 5.10 Å². The molecule has 9 heteroatoms. The fraction of sp³-hybridized carbons (Fsp3) is 0.400. The van der Waals surface area contributed by atoms with Gasteiger partial charge in [0.25, 0.3) is 0 Å². The number of aromatic nitrogens is 5. The molecule has 1 aliphatic heterocycles. The van der Waals surface area contributed by atoms with E-state index >= 15 is 0 Å². The molecule has 0 saturated heterocycles. The highest BCUT2D eigenvalue weighted by Crippen LogP contribution is 2.39. The van der Waals surface area contributed by atoms with E-state index in [0.717, 1.165) is 52.3 Å². The van der Waals surface area contributed by atoms with E-state index in [1.807, 2.05) is 47.6 Å². The van der Waals surface area contributed by atoms with E-state index < -0.39 is 18.3 Å². The van der Waals surface area contributed by atoms with Crippen molar-refractivity contribution in [3.8, 4) is 17.0 Å². The van der Waals surface area contributed by atoms with E-state index in [1.165, 1.54) is 11.9 Å². The van der Waals surface area contributed by atoms with E-state index in [4.69, 9.17) is 4.74 Å². The zero-order chi connectivity index (χ0) is 23.4. The van der Waals surface area contributed by atoms with E-state index in [-0.39, 0.29) is 6.04 Å². The van der Waals surface area contributed by atoms with E-state index in [2.05, 4.69) is 26.4 Å². The second-order valence-corrected chi connectivity index (χ2v) is 9.24. The van der Waals surface area contributed by atoms with E-state index in [9.17, 15) is 10.2 Å². The number of rotatable bonds is 4. The minimum absolute atomic E-state index is 0.346. The molecule has 0 amide bonds. The van der Waals surface area contributed by atoms with Crippen LogP contribution in [0.15, 0.2) is 43.0 Å². The Balaban J connectivity index is 1.34. The summed E-state index contributed by atoms with van der Waals surface area (Å²) in [5, 5.41) is 30.6. The molecule has 9 nitrogen and oxygen atoms in total. The minimum Gasteiger partial charge on any atom is -0.487 e. The van der Waals surface area contributed by atoms with Crippen LogP contribution in [-0.2, 0) is 20.0 Å². The summed E-state index contributed by atoms with van der Waals surface area (Å²) in [5.74, 6) is 0.744. The van der Waals surface area contributed by atoms with Gasteiger partial charge in [0.2, 0.25) is 0 Å². The number of nitrogens with one attached hydrogen (secondary N) is 1. The lowest BCUT2D eigenvalue weighted by Crippen LogP contribution is -2.35. The number of nitrogens with zero attached hydrogens (tertiary/aromatic N) is 5. The summed E-state index contributed by atoms with van der Waals surface area (Å²) in [7, 11) is 1.92. The number of ether oxygens (including phenoxy) is 1. The predicted octanol–water partition coefficient (Wildman–Crippen LogP) is 1.90. The van der Waals surface area contributed by atoms with Crippen LogP contribution in [0, 0.1) is 6.92 Å². The van der Waals surface area contributed by atoms with Crippen LogP contribution in [0.1, 0.15) is 29.3 Å². The maximum Gasteiger partial charge on any atom is 0.143 e. The zero-order valence-corrected chi connectivity index (χ0v) is 19.2. The Kier molecular flexibility index (Phi) is 5.13. The maximum atomic E-state index is 11.0. The van der Waals surface area contributed by atoms with Gasteiger partial charge in [0, 0.05) is 48.9 Å². The van der Waals surface area contributed by atoms with Crippen molar-refractivity contribution in [2.45, 2.75) is 50.7 Å². The molecule has 1 fully saturated rings. The van der Waals surface area contributed by atoms with Crippen LogP contribution < -0.4 is 10.1 Å². The largest absolute Gasteiger partial charge is 0.487 e. The molecule has 1 saturated carbocycles. The van der Waals surface area contributed by atoms with Gasteiger partial charge >= 0.3 is 0 Å². The van der Waals surface area contributed by atoms with Gasteiger partial charge in [0.15, 0.2) is 0 Å². The van der Waals surface area contributed by atoms with Crippen molar-refractivity contribution in [3.05, 3.63) is 59.8 Å². The monoisotopic (exact) mass is 460 g/mol. The number of benzene rings is 1. The van der Waals surface area contributed by atoms with Crippen molar-refractivity contribution < 1.29 is 14.9 Å². The molecule has 4 atom stereocenters. The Morgan fingerprint density at radius 2 is 2.03 bits per heavy atom. The zero-order valence-electron chi connectivity index (χ0n) is 19.2. The van der Waals surface area contributed by atoms with Crippen molar-refractivity contribution in [1.29, 1.82) is 0 Å². The highest BCUT2D eigenvalue weighted by Gasteiger charge is 2.44. The molecule has 176 valence electrons. The SMILES string of the molecule is Cc1ncnc2c1ccn2[C@@H]1C[C@H](Oc2cc(-c3ccnn3C)cc3c2CNCC3)[C@@H](O)[C@H]1O. The topological polar surface area (TPSA) is 110 Å². The summed E-state index contributed by atoms with van der Waals surface area (Å²) in [6.45, 7) is 3.56. The summed E-state index contributed by atoms with van der Waals surface area (Å²) in [6, 6.07) is 7.82. The average Bonchev–Trinajstić information content (AvgIpc) is 3.53. The number of hydrogen-bond donors (Lipinski definition) is 3. The highest BCUT2D eigenvalue weighted by molar-refractivity contribution is 5.78. The van der Waals surface area contributed by atoms with Crippen LogP contribution in [0.25, 0.3) is 22.3 Å². The summed E-state index contributed by atoms with van der Waals surface area (Å²) < 4.78 is 10.3. The molecular formula is C25H28N6O3. The first-order valence-corrected chi connectivity index (χ1v) is 11.7. The molecule has 3 N–H and O–H groups in total. The Bertz CT molecular complexity index is 1360.